The second-order valence-electron chi connectivity index (χ2n) is 7.89. The van der Waals surface area contributed by atoms with E-state index in [1.165, 1.54) is 5.56 Å². The Morgan fingerprint density at radius 2 is 1.65 bits per heavy atom. The van der Waals surface area contributed by atoms with Gasteiger partial charge >= 0.3 is 0 Å². The Hall–Kier alpha value is -3.73. The standard InChI is InChI=1S/C26H26N4O/c1-18-7-11-21(12-8-18)16-30-17-23(25(29-30)22-13-9-19(2)10-14-22)26(31)28-20(3)24-6-4-5-15-27-24/h4-15,17,20H,16H2,1-3H3,(H,28,31)/t20-/m0/s1. The van der Waals surface area contributed by atoms with Gasteiger partial charge in [-0.25, -0.2) is 0 Å². The highest BCUT2D eigenvalue weighted by molar-refractivity contribution is 6.00. The summed E-state index contributed by atoms with van der Waals surface area (Å²) < 4.78 is 1.83. The lowest BCUT2D eigenvalue weighted by atomic mass is 10.1. The van der Waals surface area contributed by atoms with Gasteiger partial charge in [-0.2, -0.15) is 5.10 Å². The van der Waals surface area contributed by atoms with E-state index in [1.807, 2.05) is 67.2 Å². The summed E-state index contributed by atoms with van der Waals surface area (Å²) in [5, 5.41) is 7.83. The van der Waals surface area contributed by atoms with Crippen LogP contribution in [0.25, 0.3) is 11.3 Å². The molecule has 5 nitrogen and oxygen atoms in total. The van der Waals surface area contributed by atoms with Gasteiger partial charge in [0.25, 0.3) is 5.91 Å². The smallest absolute Gasteiger partial charge is 0.255 e. The molecule has 0 fully saturated rings. The molecule has 156 valence electrons. The van der Waals surface area contributed by atoms with Gasteiger partial charge in [0.1, 0.15) is 5.69 Å². The number of hydrogen-bond donors (Lipinski definition) is 1. The Labute approximate surface area is 182 Å². The summed E-state index contributed by atoms with van der Waals surface area (Å²) in [5.41, 5.74) is 6.49. The summed E-state index contributed by atoms with van der Waals surface area (Å²) in [7, 11) is 0. The number of aryl methyl sites for hydroxylation is 2. The van der Waals surface area contributed by atoms with Crippen LogP contribution < -0.4 is 5.32 Å². The molecule has 0 aliphatic carbocycles. The van der Waals surface area contributed by atoms with Gasteiger partial charge in [0.15, 0.2) is 0 Å². The molecule has 4 aromatic rings. The average molecular weight is 411 g/mol. The van der Waals surface area contributed by atoms with E-state index in [2.05, 4.69) is 41.5 Å². The SMILES string of the molecule is Cc1ccc(Cn2cc(C(=O)N[C@@H](C)c3ccccn3)c(-c3ccc(C)cc3)n2)cc1. The molecule has 0 spiro atoms. The molecule has 1 amide bonds. The molecular formula is C26H26N4O. The van der Waals surface area contributed by atoms with Gasteiger partial charge in [0.05, 0.1) is 23.8 Å². The van der Waals surface area contributed by atoms with Crippen molar-refractivity contribution in [3.8, 4) is 11.3 Å². The fourth-order valence-electron chi connectivity index (χ4n) is 3.45. The highest BCUT2D eigenvalue weighted by atomic mass is 16.1. The zero-order valence-corrected chi connectivity index (χ0v) is 18.0. The Morgan fingerprint density at radius 3 is 2.29 bits per heavy atom. The third-order valence-corrected chi connectivity index (χ3v) is 5.28. The molecule has 2 heterocycles. The van der Waals surface area contributed by atoms with E-state index in [0.717, 1.165) is 22.4 Å². The highest BCUT2D eigenvalue weighted by Crippen LogP contribution is 2.24. The number of carbonyl (C=O) groups excluding carboxylic acids is 1. The average Bonchev–Trinajstić information content (AvgIpc) is 3.20. The fraction of sp³-hybridized carbons (Fsp3) is 0.192. The van der Waals surface area contributed by atoms with Crippen molar-refractivity contribution in [1.82, 2.24) is 20.1 Å². The largest absolute Gasteiger partial charge is 0.344 e. The molecular weight excluding hydrogens is 384 g/mol. The Morgan fingerprint density at radius 1 is 0.968 bits per heavy atom. The minimum absolute atomic E-state index is 0.163. The van der Waals surface area contributed by atoms with Gasteiger partial charge in [0, 0.05) is 18.0 Å². The van der Waals surface area contributed by atoms with Crippen LogP contribution in [0, 0.1) is 13.8 Å². The fourth-order valence-corrected chi connectivity index (χ4v) is 3.45. The predicted molar refractivity (Wildman–Crippen MR) is 123 cm³/mol. The van der Waals surface area contributed by atoms with E-state index in [4.69, 9.17) is 5.10 Å². The van der Waals surface area contributed by atoms with Gasteiger partial charge in [-0.05, 0) is 38.5 Å². The number of amides is 1. The minimum atomic E-state index is -0.208. The molecule has 2 aromatic carbocycles. The van der Waals surface area contributed by atoms with Crippen molar-refractivity contribution >= 4 is 5.91 Å². The van der Waals surface area contributed by atoms with Crippen LogP contribution in [-0.2, 0) is 6.54 Å². The summed E-state index contributed by atoms with van der Waals surface area (Å²) in [6.07, 6.45) is 3.56. The highest BCUT2D eigenvalue weighted by Gasteiger charge is 2.20. The van der Waals surface area contributed by atoms with E-state index < -0.39 is 0 Å². The third kappa shape index (κ3) is 4.89. The summed E-state index contributed by atoms with van der Waals surface area (Å²) >= 11 is 0. The zero-order valence-electron chi connectivity index (χ0n) is 18.0. The van der Waals surface area contributed by atoms with Crippen molar-refractivity contribution in [2.75, 3.05) is 0 Å². The molecule has 4 rings (SSSR count). The molecule has 2 aromatic heterocycles. The first-order valence-corrected chi connectivity index (χ1v) is 10.4. The zero-order chi connectivity index (χ0) is 21.8. The van der Waals surface area contributed by atoms with Crippen molar-refractivity contribution < 1.29 is 4.79 Å². The second kappa shape index (κ2) is 8.96. The molecule has 1 N–H and O–H groups in total. The third-order valence-electron chi connectivity index (χ3n) is 5.28. The number of benzene rings is 2. The first-order chi connectivity index (χ1) is 15.0. The van der Waals surface area contributed by atoms with E-state index in [9.17, 15) is 4.79 Å². The van der Waals surface area contributed by atoms with Gasteiger partial charge in [-0.3, -0.25) is 14.5 Å². The van der Waals surface area contributed by atoms with Crippen LogP contribution in [0.15, 0.2) is 79.1 Å². The molecule has 0 bridgehead atoms. The lowest BCUT2D eigenvalue weighted by molar-refractivity contribution is 0.0939. The van der Waals surface area contributed by atoms with Crippen molar-refractivity contribution in [3.05, 3.63) is 107 Å². The van der Waals surface area contributed by atoms with Gasteiger partial charge in [-0.1, -0.05) is 65.7 Å². The van der Waals surface area contributed by atoms with E-state index in [0.29, 0.717) is 17.8 Å². The van der Waals surface area contributed by atoms with E-state index in [-0.39, 0.29) is 11.9 Å². The van der Waals surface area contributed by atoms with Crippen LogP contribution >= 0.6 is 0 Å². The molecule has 0 saturated heterocycles. The van der Waals surface area contributed by atoms with Gasteiger partial charge in [-0.15, -0.1) is 0 Å². The van der Waals surface area contributed by atoms with Crippen molar-refractivity contribution in [3.63, 3.8) is 0 Å². The second-order valence-corrected chi connectivity index (χ2v) is 7.89. The Bertz CT molecular complexity index is 1160. The number of nitrogens with zero attached hydrogens (tertiary/aromatic N) is 3. The first-order valence-electron chi connectivity index (χ1n) is 10.4. The maximum absolute atomic E-state index is 13.2. The van der Waals surface area contributed by atoms with Crippen LogP contribution in [0.2, 0.25) is 0 Å². The Balaban J connectivity index is 1.65. The summed E-state index contributed by atoms with van der Waals surface area (Å²) in [4.78, 5) is 17.6. The van der Waals surface area contributed by atoms with E-state index >= 15 is 0 Å². The molecule has 31 heavy (non-hydrogen) atoms. The van der Waals surface area contributed by atoms with E-state index in [1.54, 1.807) is 6.20 Å². The van der Waals surface area contributed by atoms with Crippen LogP contribution in [0.3, 0.4) is 0 Å². The van der Waals surface area contributed by atoms with Crippen LogP contribution in [0.1, 0.15) is 45.7 Å². The van der Waals surface area contributed by atoms with Crippen LogP contribution in [0.5, 0.6) is 0 Å². The molecule has 5 heteroatoms. The number of aromatic nitrogens is 3. The topological polar surface area (TPSA) is 59.8 Å². The van der Waals surface area contributed by atoms with Crippen molar-refractivity contribution in [1.29, 1.82) is 0 Å². The molecule has 0 unspecified atom stereocenters. The quantitative estimate of drug-likeness (QED) is 0.481. The number of carbonyl (C=O) groups is 1. The number of nitrogens with one attached hydrogen (secondary N) is 1. The van der Waals surface area contributed by atoms with Crippen molar-refractivity contribution in [2.24, 2.45) is 0 Å². The first kappa shape index (κ1) is 20.5. The number of pyridine rings is 1. The molecule has 0 aliphatic heterocycles. The lowest BCUT2D eigenvalue weighted by Gasteiger charge is -2.13. The normalized spacial score (nSPS) is 11.8. The Kier molecular flexibility index (Phi) is 5.94. The lowest BCUT2D eigenvalue weighted by Crippen LogP contribution is -2.27. The molecule has 0 aliphatic rings. The summed E-state index contributed by atoms with van der Waals surface area (Å²) in [5.74, 6) is -0.163. The summed E-state index contributed by atoms with van der Waals surface area (Å²) in [6, 6.07) is 21.9. The maximum Gasteiger partial charge on any atom is 0.255 e. The molecule has 0 radical (unpaired) electrons. The van der Waals surface area contributed by atoms with Gasteiger partial charge < -0.3 is 5.32 Å². The van der Waals surface area contributed by atoms with Crippen LogP contribution in [-0.4, -0.2) is 20.7 Å². The monoisotopic (exact) mass is 410 g/mol. The minimum Gasteiger partial charge on any atom is -0.344 e. The maximum atomic E-state index is 13.2. The number of hydrogen-bond acceptors (Lipinski definition) is 3. The molecule has 0 saturated carbocycles. The number of rotatable bonds is 6. The van der Waals surface area contributed by atoms with Crippen molar-refractivity contribution in [2.45, 2.75) is 33.4 Å². The van der Waals surface area contributed by atoms with Crippen LogP contribution in [0.4, 0.5) is 0 Å². The summed E-state index contributed by atoms with van der Waals surface area (Å²) in [6.45, 7) is 6.64. The van der Waals surface area contributed by atoms with Gasteiger partial charge in [0.2, 0.25) is 0 Å². The molecule has 1 atom stereocenters. The predicted octanol–water partition coefficient (Wildman–Crippen LogP) is 5.10.